The maximum atomic E-state index is 10.4. The van der Waals surface area contributed by atoms with Crippen molar-refractivity contribution in [2.75, 3.05) is 13.1 Å². The van der Waals surface area contributed by atoms with Crippen LogP contribution < -0.4 is 80.0 Å². The Morgan fingerprint density at radius 1 is 0.800 bits per heavy atom. The number of nitrogens with one attached hydrogen (secondary N) is 2. The Hall–Kier alpha value is -0.200. The number of carbonyl (C=O) groups is 4. The van der Waals surface area contributed by atoms with Crippen molar-refractivity contribution >= 4 is 23.9 Å². The Balaban J connectivity index is -0.00000144. The molecule has 0 heterocycles. The number of aliphatic carboxylic acids is 4. The number of carboxylic acid groups (broad SMARTS) is 4. The first kappa shape index (κ1) is 24.8. The molecule has 0 atom stereocenters. The van der Waals surface area contributed by atoms with E-state index in [1.54, 1.807) is 0 Å². The van der Waals surface area contributed by atoms with Crippen molar-refractivity contribution in [3.8, 4) is 0 Å². The molecule has 102 valence electrons. The minimum atomic E-state index is -2.06. The van der Waals surface area contributed by atoms with Crippen LogP contribution >= 0.6 is 0 Å². The molecule has 0 spiro atoms. The third-order valence-electron chi connectivity index (χ3n) is 1.79. The summed E-state index contributed by atoms with van der Waals surface area (Å²) < 4.78 is 0. The molecule has 0 saturated carbocycles. The average molecular weight is 308 g/mol. The van der Waals surface area contributed by atoms with Gasteiger partial charge in [-0.05, 0) is 0 Å². The van der Waals surface area contributed by atoms with E-state index in [2.05, 4.69) is 5.32 Å². The molecule has 0 unspecified atom stereocenters. The van der Waals surface area contributed by atoms with E-state index in [1.807, 2.05) is 5.32 Å². The Morgan fingerprint density at radius 3 is 1.35 bits per heavy atom. The Morgan fingerprint density at radius 2 is 1.10 bits per heavy atom. The minimum absolute atomic E-state index is 0. The molecule has 0 bridgehead atoms. The molecule has 0 saturated heterocycles. The Labute approximate surface area is 157 Å². The number of rotatable bonds is 9. The Kier molecular flexibility index (Phi) is 15.5. The molecule has 0 aromatic heterocycles. The van der Waals surface area contributed by atoms with Crippen molar-refractivity contribution in [1.29, 1.82) is 0 Å². The minimum Gasteiger partial charge on any atom is -0.548 e. The quantitative estimate of drug-likeness (QED) is 0.181. The van der Waals surface area contributed by atoms with Crippen molar-refractivity contribution in [1.82, 2.24) is 10.6 Å². The number of hydrogen-bond donors (Lipinski definition) is 4. The van der Waals surface area contributed by atoms with Crippen LogP contribution in [0.1, 0.15) is 0 Å². The fourth-order valence-corrected chi connectivity index (χ4v) is 0.976. The zero-order chi connectivity index (χ0) is 14.3. The molecule has 0 aliphatic carbocycles. The topological polar surface area (TPSA) is 179 Å². The zero-order valence-electron chi connectivity index (χ0n) is 10.9. The van der Waals surface area contributed by atoms with Crippen LogP contribution in [0, 0.1) is 0 Å². The van der Waals surface area contributed by atoms with Crippen LogP contribution in [0.3, 0.4) is 0 Å². The fourth-order valence-electron chi connectivity index (χ4n) is 0.976. The van der Waals surface area contributed by atoms with E-state index < -0.39 is 36.0 Å². The number of carboxylic acids is 4. The summed E-state index contributed by atoms with van der Waals surface area (Å²) in [5, 5.41) is 41.5. The molecule has 0 radical (unpaired) electrons. The van der Waals surface area contributed by atoms with E-state index in [-0.39, 0.29) is 72.2 Å². The average Bonchev–Trinajstić information content (AvgIpc) is 2.20. The molecule has 0 fully saturated rings. The molecule has 4 N–H and O–H groups in total. The fraction of sp³-hybridized carbons (Fsp3) is 0.500. The van der Waals surface area contributed by atoms with Crippen molar-refractivity contribution in [3.63, 3.8) is 0 Å². The van der Waals surface area contributed by atoms with Gasteiger partial charge in [0.25, 0.3) is 0 Å². The van der Waals surface area contributed by atoms with Gasteiger partial charge in [0, 0.05) is 13.1 Å². The molecule has 0 aromatic carbocycles. The molecular formula is C8H10N2Na2O8. The summed E-state index contributed by atoms with van der Waals surface area (Å²) in [6.07, 6.45) is 0. The third-order valence-corrected chi connectivity index (χ3v) is 1.79. The number of hydrogen-bond acceptors (Lipinski definition) is 8. The Bertz CT molecular complexity index is 302. The largest absolute Gasteiger partial charge is 1.00 e. The van der Waals surface area contributed by atoms with Crippen molar-refractivity contribution in [2.24, 2.45) is 0 Å². The predicted octanol–water partition coefficient (Wildman–Crippen LogP) is -11.4. The maximum absolute atomic E-state index is 10.4. The van der Waals surface area contributed by atoms with Crippen LogP contribution in [0.4, 0.5) is 0 Å². The molecule has 0 rings (SSSR count). The molecule has 12 heteroatoms. The first-order chi connectivity index (χ1) is 8.27. The van der Waals surface area contributed by atoms with Gasteiger partial charge in [-0.1, -0.05) is 0 Å². The van der Waals surface area contributed by atoms with E-state index in [9.17, 15) is 29.4 Å². The summed E-state index contributed by atoms with van der Waals surface area (Å²) in [6.45, 7) is -0.579. The van der Waals surface area contributed by atoms with Crippen molar-refractivity contribution < 1.29 is 98.7 Å². The van der Waals surface area contributed by atoms with Gasteiger partial charge in [0.15, 0.2) is 0 Å². The van der Waals surface area contributed by atoms with Gasteiger partial charge < -0.3 is 35.3 Å². The summed E-state index contributed by atoms with van der Waals surface area (Å²) in [4.78, 5) is 41.4. The van der Waals surface area contributed by atoms with E-state index in [0.29, 0.717) is 0 Å². The first-order valence-electron chi connectivity index (χ1n) is 4.61. The van der Waals surface area contributed by atoms with Gasteiger partial charge in [-0.25, -0.2) is 9.59 Å². The van der Waals surface area contributed by atoms with E-state index in [1.165, 1.54) is 0 Å². The van der Waals surface area contributed by atoms with Gasteiger partial charge in [-0.3, -0.25) is 5.32 Å². The summed E-state index contributed by atoms with van der Waals surface area (Å²) >= 11 is 0. The molecule has 20 heavy (non-hydrogen) atoms. The first-order valence-corrected chi connectivity index (χ1v) is 4.61. The summed E-state index contributed by atoms with van der Waals surface area (Å²) in [7, 11) is 0. The normalized spacial score (nSPS) is 9.50. The molecular weight excluding hydrogens is 298 g/mol. The van der Waals surface area contributed by atoms with Gasteiger partial charge in [0.05, 0.1) is 18.0 Å². The molecule has 0 aromatic rings. The summed E-state index contributed by atoms with van der Waals surface area (Å²) in [6, 6.07) is -3.92. The van der Waals surface area contributed by atoms with Gasteiger partial charge >= 0.3 is 71.1 Å². The van der Waals surface area contributed by atoms with Crippen LogP contribution in [0.15, 0.2) is 0 Å². The van der Waals surface area contributed by atoms with E-state index in [4.69, 9.17) is 10.2 Å². The molecule has 0 aliphatic rings. The van der Waals surface area contributed by atoms with Crippen LogP contribution in [-0.2, 0) is 19.2 Å². The zero-order valence-corrected chi connectivity index (χ0v) is 14.9. The van der Waals surface area contributed by atoms with Crippen LogP contribution in [0.2, 0.25) is 0 Å². The predicted molar refractivity (Wildman–Crippen MR) is 48.9 cm³/mol. The molecule has 10 nitrogen and oxygen atoms in total. The van der Waals surface area contributed by atoms with Gasteiger partial charge in [-0.2, -0.15) is 0 Å². The smallest absolute Gasteiger partial charge is 0.548 e. The van der Waals surface area contributed by atoms with Crippen LogP contribution in [0.25, 0.3) is 0 Å². The standard InChI is InChI=1S/C8H12N2O8.2Na/c11-5(12)3(6(13)14)9-1-2-10-4(7(15)16)8(17)18;;/h3-4,9-10H,1-2H2,(H,11,12)(H,13,14)(H,15,16)(H,17,18);;/q;2*+1/p-2. The second-order valence-electron chi connectivity index (χ2n) is 3.09. The summed E-state index contributed by atoms with van der Waals surface area (Å²) in [5.74, 6) is -7.08. The van der Waals surface area contributed by atoms with Crippen molar-refractivity contribution in [3.05, 3.63) is 0 Å². The van der Waals surface area contributed by atoms with Gasteiger partial charge in [0.2, 0.25) is 6.04 Å². The van der Waals surface area contributed by atoms with Crippen LogP contribution in [0.5, 0.6) is 0 Å². The van der Waals surface area contributed by atoms with E-state index >= 15 is 0 Å². The third kappa shape index (κ3) is 9.66. The molecule has 0 aliphatic heterocycles. The van der Waals surface area contributed by atoms with Gasteiger partial charge in [0.1, 0.15) is 0 Å². The maximum Gasteiger partial charge on any atom is 1.00 e. The van der Waals surface area contributed by atoms with Gasteiger partial charge in [-0.15, -0.1) is 0 Å². The summed E-state index contributed by atoms with van der Waals surface area (Å²) in [5.41, 5.74) is 0. The van der Waals surface area contributed by atoms with Crippen molar-refractivity contribution in [2.45, 2.75) is 12.1 Å². The SMILES string of the molecule is O=C([O-])C(NCCNC(C(=O)O)C(=O)O)C(=O)[O-].[Na+].[Na+]. The second kappa shape index (κ2) is 12.5. The van der Waals surface area contributed by atoms with E-state index in [0.717, 1.165) is 0 Å². The molecule has 0 amide bonds. The monoisotopic (exact) mass is 308 g/mol. The second-order valence-corrected chi connectivity index (χ2v) is 3.09. The number of carbonyl (C=O) groups excluding carboxylic acids is 2. The van der Waals surface area contributed by atoms with Crippen LogP contribution in [-0.4, -0.2) is 59.3 Å².